The highest BCUT2D eigenvalue weighted by Gasteiger charge is 2.26. The second-order valence-corrected chi connectivity index (χ2v) is 3.96. The molecule has 1 aliphatic rings. The number of aliphatic hydroxyl groups excluding tert-OH is 1. The lowest BCUT2D eigenvalue weighted by molar-refractivity contribution is -0.149. The predicted octanol–water partition coefficient (Wildman–Crippen LogP) is 0.575. The Kier molecular flexibility index (Phi) is 3.20. The quantitative estimate of drug-likeness (QED) is 0.646. The summed E-state index contributed by atoms with van der Waals surface area (Å²) in [6, 6.07) is 0. The van der Waals surface area contributed by atoms with Crippen LogP contribution in [-0.4, -0.2) is 33.8 Å². The third-order valence-corrected chi connectivity index (χ3v) is 3.01. The molecular weight excluding hydrogens is 164 g/mol. The van der Waals surface area contributed by atoms with Crippen LogP contribution >= 0.6 is 11.8 Å². The summed E-state index contributed by atoms with van der Waals surface area (Å²) >= 11 is 1.82. The fraction of sp³-hybridized carbons (Fsp3) is 0.857. The van der Waals surface area contributed by atoms with Crippen LogP contribution in [0.1, 0.15) is 12.8 Å². The molecule has 4 heteroatoms. The second kappa shape index (κ2) is 3.97. The van der Waals surface area contributed by atoms with Crippen molar-refractivity contribution in [1.82, 2.24) is 0 Å². The van der Waals surface area contributed by atoms with Gasteiger partial charge in [-0.1, -0.05) is 0 Å². The van der Waals surface area contributed by atoms with Crippen molar-refractivity contribution in [2.24, 2.45) is 5.92 Å². The fourth-order valence-corrected chi connectivity index (χ4v) is 2.38. The van der Waals surface area contributed by atoms with Crippen LogP contribution in [-0.2, 0) is 4.79 Å². The van der Waals surface area contributed by atoms with Crippen molar-refractivity contribution in [3.05, 3.63) is 0 Å². The summed E-state index contributed by atoms with van der Waals surface area (Å²) in [5, 5.41) is 17.6. The van der Waals surface area contributed by atoms with E-state index in [1.165, 1.54) is 0 Å². The van der Waals surface area contributed by atoms with E-state index in [4.69, 9.17) is 10.2 Å². The van der Waals surface area contributed by atoms with E-state index < -0.39 is 12.1 Å². The highest BCUT2D eigenvalue weighted by Crippen LogP contribution is 2.25. The molecule has 1 unspecified atom stereocenters. The minimum atomic E-state index is -1.14. The topological polar surface area (TPSA) is 57.5 Å². The van der Waals surface area contributed by atoms with Crippen molar-refractivity contribution >= 4 is 17.7 Å². The lowest BCUT2D eigenvalue weighted by atomic mass is 9.96. The molecule has 2 N–H and O–H groups in total. The third kappa shape index (κ3) is 2.38. The molecule has 1 saturated heterocycles. The highest BCUT2D eigenvalue weighted by atomic mass is 32.2. The molecule has 1 atom stereocenters. The molecule has 0 bridgehead atoms. The Morgan fingerprint density at radius 2 is 2.00 bits per heavy atom. The van der Waals surface area contributed by atoms with E-state index in [0.29, 0.717) is 0 Å². The molecule has 0 aromatic rings. The Hall–Kier alpha value is -0.220. The second-order valence-electron chi connectivity index (χ2n) is 2.73. The van der Waals surface area contributed by atoms with Gasteiger partial charge in [-0.3, -0.25) is 0 Å². The molecule has 0 spiro atoms. The summed E-state index contributed by atoms with van der Waals surface area (Å²) in [5.41, 5.74) is 0. The molecular formula is C7H12O3S. The van der Waals surface area contributed by atoms with E-state index in [-0.39, 0.29) is 5.92 Å². The normalized spacial score (nSPS) is 23.0. The molecule has 3 nitrogen and oxygen atoms in total. The van der Waals surface area contributed by atoms with E-state index in [2.05, 4.69) is 0 Å². The zero-order valence-corrected chi connectivity index (χ0v) is 7.01. The van der Waals surface area contributed by atoms with Gasteiger partial charge in [0.05, 0.1) is 0 Å². The lowest BCUT2D eigenvalue weighted by Crippen LogP contribution is -2.31. The summed E-state index contributed by atoms with van der Waals surface area (Å²) in [6.45, 7) is 0. The molecule has 0 aromatic carbocycles. The maximum Gasteiger partial charge on any atom is 0.332 e. The van der Waals surface area contributed by atoms with Crippen molar-refractivity contribution in [1.29, 1.82) is 0 Å². The summed E-state index contributed by atoms with van der Waals surface area (Å²) in [4.78, 5) is 10.3. The number of aliphatic hydroxyl groups is 1. The first-order chi connectivity index (χ1) is 5.22. The average Bonchev–Trinajstić information content (AvgIpc) is 2.05. The van der Waals surface area contributed by atoms with Crippen LogP contribution in [0.25, 0.3) is 0 Å². The number of carbonyl (C=O) groups is 1. The van der Waals surface area contributed by atoms with Crippen LogP contribution in [0.2, 0.25) is 0 Å². The molecule has 11 heavy (non-hydrogen) atoms. The first kappa shape index (κ1) is 8.87. The summed E-state index contributed by atoms with van der Waals surface area (Å²) < 4.78 is 0. The molecule has 64 valence electrons. The number of rotatable bonds is 2. The Morgan fingerprint density at radius 1 is 1.45 bits per heavy atom. The largest absolute Gasteiger partial charge is 0.479 e. The van der Waals surface area contributed by atoms with Gasteiger partial charge in [-0.25, -0.2) is 4.79 Å². The number of thioether (sulfide) groups is 1. The fourth-order valence-electron chi connectivity index (χ4n) is 1.23. The molecule has 0 aromatic heterocycles. The predicted molar refractivity (Wildman–Crippen MR) is 43.7 cm³/mol. The van der Waals surface area contributed by atoms with E-state index in [1.54, 1.807) is 0 Å². The maximum absolute atomic E-state index is 10.3. The minimum Gasteiger partial charge on any atom is -0.479 e. The van der Waals surface area contributed by atoms with Gasteiger partial charge in [-0.2, -0.15) is 11.8 Å². The van der Waals surface area contributed by atoms with Gasteiger partial charge < -0.3 is 10.2 Å². The maximum atomic E-state index is 10.3. The van der Waals surface area contributed by atoms with Gasteiger partial charge in [0, 0.05) is 0 Å². The number of hydrogen-bond donors (Lipinski definition) is 2. The van der Waals surface area contributed by atoms with Gasteiger partial charge >= 0.3 is 5.97 Å². The summed E-state index contributed by atoms with van der Waals surface area (Å²) in [6.07, 6.45) is 0.520. The van der Waals surface area contributed by atoms with Gasteiger partial charge in [0.1, 0.15) is 0 Å². The van der Waals surface area contributed by atoms with Crippen LogP contribution in [0, 0.1) is 5.92 Å². The van der Waals surface area contributed by atoms with Crippen molar-refractivity contribution in [3.63, 3.8) is 0 Å². The van der Waals surface area contributed by atoms with Gasteiger partial charge in [0.2, 0.25) is 0 Å². The first-order valence-corrected chi connectivity index (χ1v) is 4.86. The molecule has 0 radical (unpaired) electrons. The van der Waals surface area contributed by atoms with Crippen molar-refractivity contribution in [2.45, 2.75) is 18.9 Å². The van der Waals surface area contributed by atoms with E-state index in [9.17, 15) is 4.79 Å². The molecule has 0 saturated carbocycles. The molecule has 0 amide bonds. The highest BCUT2D eigenvalue weighted by molar-refractivity contribution is 7.99. The summed E-state index contributed by atoms with van der Waals surface area (Å²) in [5.74, 6) is 0.861. The monoisotopic (exact) mass is 176 g/mol. The van der Waals surface area contributed by atoms with E-state index in [0.717, 1.165) is 24.3 Å². The van der Waals surface area contributed by atoms with Crippen LogP contribution in [0.15, 0.2) is 0 Å². The van der Waals surface area contributed by atoms with Crippen LogP contribution in [0.4, 0.5) is 0 Å². The average molecular weight is 176 g/mol. The molecule has 1 aliphatic heterocycles. The molecule has 1 fully saturated rings. The van der Waals surface area contributed by atoms with E-state index in [1.807, 2.05) is 11.8 Å². The Bertz CT molecular complexity index is 143. The van der Waals surface area contributed by atoms with Crippen LogP contribution in [0.3, 0.4) is 0 Å². The van der Waals surface area contributed by atoms with Gasteiger partial charge in [-0.05, 0) is 30.3 Å². The zero-order valence-electron chi connectivity index (χ0n) is 6.19. The number of aliphatic carboxylic acids is 1. The number of carboxylic acids is 1. The SMILES string of the molecule is O=C(O)C(O)C1CCSCC1. The third-order valence-electron chi connectivity index (χ3n) is 1.97. The standard InChI is InChI=1S/C7H12O3S/c8-6(7(9)10)5-1-3-11-4-2-5/h5-6,8H,1-4H2,(H,9,10). The Balaban J connectivity index is 2.38. The smallest absolute Gasteiger partial charge is 0.332 e. The van der Waals surface area contributed by atoms with Crippen molar-refractivity contribution < 1.29 is 15.0 Å². The van der Waals surface area contributed by atoms with Gasteiger partial charge in [0.15, 0.2) is 6.10 Å². The lowest BCUT2D eigenvalue weighted by Gasteiger charge is -2.23. The molecule has 1 heterocycles. The number of hydrogen-bond acceptors (Lipinski definition) is 3. The van der Waals surface area contributed by atoms with E-state index >= 15 is 0 Å². The number of carboxylic acid groups (broad SMARTS) is 1. The van der Waals surface area contributed by atoms with Gasteiger partial charge in [0.25, 0.3) is 0 Å². The molecule has 0 aliphatic carbocycles. The first-order valence-electron chi connectivity index (χ1n) is 3.70. The minimum absolute atomic E-state index is 0.0197. The van der Waals surface area contributed by atoms with Crippen LogP contribution in [0.5, 0.6) is 0 Å². The van der Waals surface area contributed by atoms with Crippen molar-refractivity contribution in [2.75, 3.05) is 11.5 Å². The van der Waals surface area contributed by atoms with Crippen LogP contribution < -0.4 is 0 Å². The Morgan fingerprint density at radius 3 is 2.45 bits per heavy atom. The Labute approximate surface area is 69.8 Å². The molecule has 1 rings (SSSR count). The summed E-state index contributed by atoms with van der Waals surface area (Å²) in [7, 11) is 0. The zero-order chi connectivity index (χ0) is 8.27. The van der Waals surface area contributed by atoms with Gasteiger partial charge in [-0.15, -0.1) is 0 Å². The van der Waals surface area contributed by atoms with Crippen molar-refractivity contribution in [3.8, 4) is 0 Å².